The highest BCUT2D eigenvalue weighted by Gasteiger charge is 2.53. The standard InChI is InChI=1S/C55H34S/c1-3-19-40-35(14-1)16-11-18-39(40)34-47(43-25-12-17-36-15-2-4-20-41(36)43)38-32-30-37(31-33-38)42-24-13-28-50-52(42)53-46-23-7-10-29-51(46)56-54(53)55(50)48-26-8-5-21-44(48)45-22-6-9-27-49(45)55/h1-34H. The van der Waals surface area contributed by atoms with E-state index >= 15 is 0 Å². The van der Waals surface area contributed by atoms with Gasteiger partial charge in [0.1, 0.15) is 0 Å². The van der Waals surface area contributed by atoms with E-state index in [0.717, 1.165) is 0 Å². The molecule has 0 bridgehead atoms. The summed E-state index contributed by atoms with van der Waals surface area (Å²) in [5.74, 6) is 0. The molecule has 0 unspecified atom stereocenters. The summed E-state index contributed by atoms with van der Waals surface area (Å²) in [7, 11) is 0. The largest absolute Gasteiger partial charge is 0.138 e. The fraction of sp³-hybridized carbons (Fsp3) is 0.0182. The molecule has 0 nitrogen and oxygen atoms in total. The Morgan fingerprint density at radius 2 is 0.964 bits per heavy atom. The van der Waals surface area contributed by atoms with E-state index in [0.29, 0.717) is 0 Å². The first-order chi connectivity index (χ1) is 27.8. The molecule has 1 heterocycles. The van der Waals surface area contributed by atoms with Crippen LogP contribution in [0.15, 0.2) is 200 Å². The summed E-state index contributed by atoms with van der Waals surface area (Å²) < 4.78 is 1.34. The minimum atomic E-state index is -0.361. The molecule has 0 saturated heterocycles. The summed E-state index contributed by atoms with van der Waals surface area (Å²) in [6.45, 7) is 0. The second kappa shape index (κ2) is 12.1. The van der Waals surface area contributed by atoms with Crippen molar-refractivity contribution < 1.29 is 0 Å². The van der Waals surface area contributed by atoms with Crippen LogP contribution >= 0.6 is 11.3 Å². The van der Waals surface area contributed by atoms with Crippen molar-refractivity contribution in [3.05, 3.63) is 238 Å². The van der Waals surface area contributed by atoms with Crippen LogP contribution in [-0.2, 0) is 5.41 Å². The van der Waals surface area contributed by atoms with Gasteiger partial charge in [0.25, 0.3) is 0 Å². The summed E-state index contributed by atoms with van der Waals surface area (Å²) in [6.07, 6.45) is 2.39. The Kier molecular flexibility index (Phi) is 6.82. The van der Waals surface area contributed by atoms with Crippen LogP contribution in [0.25, 0.3) is 76.7 Å². The molecule has 2 aliphatic carbocycles. The van der Waals surface area contributed by atoms with E-state index in [-0.39, 0.29) is 5.41 Å². The van der Waals surface area contributed by atoms with Gasteiger partial charge in [-0.15, -0.1) is 11.3 Å². The second-order valence-corrected chi connectivity index (χ2v) is 16.2. The molecule has 10 aromatic rings. The molecule has 1 heteroatoms. The van der Waals surface area contributed by atoms with Gasteiger partial charge in [-0.3, -0.25) is 0 Å². The average Bonchev–Trinajstić information content (AvgIpc) is 3.89. The van der Waals surface area contributed by atoms with Crippen LogP contribution in [0, 0.1) is 0 Å². The Hall–Kier alpha value is -6.80. The topological polar surface area (TPSA) is 0 Å². The molecular formula is C55H34S. The lowest BCUT2D eigenvalue weighted by Crippen LogP contribution is -2.24. The third kappa shape index (κ3) is 4.35. The average molecular weight is 727 g/mol. The summed E-state index contributed by atoms with van der Waals surface area (Å²) >= 11 is 1.97. The number of thiophene rings is 1. The van der Waals surface area contributed by atoms with Gasteiger partial charge in [-0.2, -0.15) is 0 Å². The molecule has 0 atom stereocenters. The second-order valence-electron chi connectivity index (χ2n) is 15.1. The van der Waals surface area contributed by atoms with E-state index < -0.39 is 0 Å². The third-order valence-electron chi connectivity index (χ3n) is 12.3. The monoisotopic (exact) mass is 726 g/mol. The van der Waals surface area contributed by atoms with Crippen molar-refractivity contribution in [1.82, 2.24) is 0 Å². The van der Waals surface area contributed by atoms with Crippen molar-refractivity contribution in [2.45, 2.75) is 5.41 Å². The van der Waals surface area contributed by atoms with Gasteiger partial charge in [0.05, 0.1) is 5.41 Å². The molecule has 260 valence electrons. The lowest BCUT2D eigenvalue weighted by molar-refractivity contribution is 0.812. The van der Waals surface area contributed by atoms with Crippen LogP contribution in [0.5, 0.6) is 0 Å². The number of hydrogen-bond acceptors (Lipinski definition) is 1. The van der Waals surface area contributed by atoms with Crippen LogP contribution in [0.4, 0.5) is 0 Å². The lowest BCUT2D eigenvalue weighted by atomic mass is 9.73. The molecule has 12 rings (SSSR count). The van der Waals surface area contributed by atoms with E-state index in [4.69, 9.17) is 0 Å². The number of benzene rings is 9. The summed E-state index contributed by atoms with van der Waals surface area (Å²) in [5, 5.41) is 6.34. The zero-order chi connectivity index (χ0) is 36.8. The fourth-order valence-corrected chi connectivity index (χ4v) is 11.4. The normalized spacial score (nSPS) is 13.6. The first kappa shape index (κ1) is 31.5. The predicted molar refractivity (Wildman–Crippen MR) is 238 cm³/mol. The molecule has 56 heavy (non-hydrogen) atoms. The molecular weight excluding hydrogens is 693 g/mol. The van der Waals surface area contributed by atoms with Gasteiger partial charge < -0.3 is 0 Å². The van der Waals surface area contributed by atoms with E-state index in [9.17, 15) is 0 Å². The molecule has 1 aromatic heterocycles. The minimum Gasteiger partial charge on any atom is -0.138 e. The highest BCUT2D eigenvalue weighted by molar-refractivity contribution is 7.20. The fourth-order valence-electron chi connectivity index (χ4n) is 9.96. The van der Waals surface area contributed by atoms with Crippen molar-refractivity contribution in [3.8, 4) is 33.4 Å². The molecule has 9 aromatic carbocycles. The van der Waals surface area contributed by atoms with Gasteiger partial charge in [-0.25, -0.2) is 0 Å². The highest BCUT2D eigenvalue weighted by atomic mass is 32.1. The Bertz CT molecular complexity index is 3190. The maximum absolute atomic E-state index is 2.40. The Morgan fingerprint density at radius 1 is 0.411 bits per heavy atom. The van der Waals surface area contributed by atoms with Crippen molar-refractivity contribution in [3.63, 3.8) is 0 Å². The van der Waals surface area contributed by atoms with Gasteiger partial charge >= 0.3 is 0 Å². The summed E-state index contributed by atoms with van der Waals surface area (Å²) in [5.41, 5.74) is 16.6. The van der Waals surface area contributed by atoms with Crippen LogP contribution < -0.4 is 0 Å². The number of rotatable bonds is 4. The highest BCUT2D eigenvalue weighted by Crippen LogP contribution is 2.67. The van der Waals surface area contributed by atoms with Crippen molar-refractivity contribution in [2.75, 3.05) is 0 Å². The summed E-state index contributed by atoms with van der Waals surface area (Å²) in [4.78, 5) is 1.44. The Labute approximate surface area is 330 Å². The first-order valence-corrected chi connectivity index (χ1v) is 20.2. The molecule has 0 saturated carbocycles. The zero-order valence-corrected chi connectivity index (χ0v) is 31.4. The van der Waals surface area contributed by atoms with Crippen LogP contribution in [0.3, 0.4) is 0 Å². The maximum Gasteiger partial charge on any atom is 0.0819 e. The van der Waals surface area contributed by atoms with Gasteiger partial charge in [-0.1, -0.05) is 194 Å². The predicted octanol–water partition coefficient (Wildman–Crippen LogP) is 14.8. The molecule has 1 spiro atoms. The number of fused-ring (bicyclic) bond motifs is 14. The molecule has 0 aliphatic heterocycles. The minimum absolute atomic E-state index is 0.361. The molecule has 0 radical (unpaired) electrons. The quantitative estimate of drug-likeness (QED) is 0.158. The summed E-state index contributed by atoms with van der Waals surface area (Å²) in [6, 6.07) is 74.3. The van der Waals surface area contributed by atoms with Crippen LogP contribution in [0.1, 0.15) is 38.3 Å². The molecule has 0 amide bonds. The SMILES string of the molecule is C(=C(c1ccc(-c2cccc3c2-c2c(sc4ccccc24)C32c3ccccc3-c3ccccc32)cc1)c1cccc2ccccc12)c1cccc2ccccc12. The molecule has 2 aliphatic rings. The van der Waals surface area contributed by atoms with Crippen molar-refractivity contribution in [2.24, 2.45) is 0 Å². The Balaban J connectivity index is 1.08. The zero-order valence-electron chi connectivity index (χ0n) is 30.5. The van der Waals surface area contributed by atoms with Gasteiger partial charge in [0.15, 0.2) is 0 Å². The van der Waals surface area contributed by atoms with Gasteiger partial charge in [0, 0.05) is 20.5 Å². The van der Waals surface area contributed by atoms with Crippen LogP contribution in [-0.4, -0.2) is 0 Å². The van der Waals surface area contributed by atoms with Gasteiger partial charge in [-0.05, 0) is 100 Å². The molecule has 0 N–H and O–H groups in total. The maximum atomic E-state index is 2.40. The van der Waals surface area contributed by atoms with E-state index in [1.807, 2.05) is 11.3 Å². The third-order valence-corrected chi connectivity index (χ3v) is 13.6. The Morgan fingerprint density at radius 3 is 1.73 bits per heavy atom. The van der Waals surface area contributed by atoms with E-state index in [2.05, 4.69) is 206 Å². The van der Waals surface area contributed by atoms with Gasteiger partial charge in [0.2, 0.25) is 0 Å². The smallest absolute Gasteiger partial charge is 0.0819 e. The first-order valence-electron chi connectivity index (χ1n) is 19.4. The van der Waals surface area contributed by atoms with E-state index in [1.165, 1.54) is 109 Å². The lowest BCUT2D eigenvalue weighted by Gasteiger charge is -2.29. The van der Waals surface area contributed by atoms with Crippen molar-refractivity contribution >= 4 is 54.6 Å². The molecule has 0 fully saturated rings. The van der Waals surface area contributed by atoms with Crippen LogP contribution in [0.2, 0.25) is 0 Å². The van der Waals surface area contributed by atoms with Crippen molar-refractivity contribution in [1.29, 1.82) is 0 Å². The van der Waals surface area contributed by atoms with E-state index in [1.54, 1.807) is 0 Å². The number of hydrogen-bond donors (Lipinski definition) is 0.